The van der Waals surface area contributed by atoms with Crippen LogP contribution < -0.4 is 20.1 Å². The zero-order chi connectivity index (χ0) is 20.3. The van der Waals surface area contributed by atoms with E-state index >= 15 is 0 Å². The summed E-state index contributed by atoms with van der Waals surface area (Å²) in [7, 11) is -3.80. The van der Waals surface area contributed by atoms with Crippen LogP contribution in [0.2, 0.25) is 0 Å². The first-order valence-corrected chi connectivity index (χ1v) is 10.3. The molecule has 0 aliphatic carbocycles. The molecule has 7 nitrogen and oxygen atoms in total. The van der Waals surface area contributed by atoms with Crippen molar-refractivity contribution >= 4 is 10.0 Å². The van der Waals surface area contributed by atoms with Gasteiger partial charge in [-0.05, 0) is 42.0 Å². The standard InChI is InChI=1S/C21H18N2O5S/c22-29(24,25)19-8-4-7-18(13-19)27-21-14-20(28-23-21)15-9-11-17(12-10-15)26-16-5-2-1-3-6-16/h1-14,20,23H,(H2,22,24,25). The van der Waals surface area contributed by atoms with Gasteiger partial charge < -0.3 is 9.47 Å². The van der Waals surface area contributed by atoms with E-state index in [1.165, 1.54) is 12.1 Å². The minimum Gasteiger partial charge on any atom is -0.457 e. The van der Waals surface area contributed by atoms with Crippen LogP contribution in [0.3, 0.4) is 0 Å². The Balaban J connectivity index is 1.43. The molecule has 0 saturated heterocycles. The number of rotatable bonds is 6. The number of hydroxylamine groups is 1. The monoisotopic (exact) mass is 410 g/mol. The largest absolute Gasteiger partial charge is 0.457 e. The van der Waals surface area contributed by atoms with Gasteiger partial charge in [0.25, 0.3) is 0 Å². The van der Waals surface area contributed by atoms with Crippen molar-refractivity contribution in [3.63, 3.8) is 0 Å². The number of ether oxygens (including phenoxy) is 2. The summed E-state index contributed by atoms with van der Waals surface area (Å²) in [6.07, 6.45) is 1.38. The molecule has 1 aliphatic rings. The van der Waals surface area contributed by atoms with Gasteiger partial charge in [0, 0.05) is 12.1 Å². The average molecular weight is 410 g/mol. The van der Waals surface area contributed by atoms with E-state index in [1.807, 2.05) is 54.6 Å². The van der Waals surface area contributed by atoms with E-state index in [1.54, 1.807) is 18.2 Å². The Hall–Kier alpha value is -3.33. The van der Waals surface area contributed by atoms with Crippen molar-refractivity contribution in [2.45, 2.75) is 11.0 Å². The highest BCUT2D eigenvalue weighted by molar-refractivity contribution is 7.89. The van der Waals surface area contributed by atoms with Crippen molar-refractivity contribution in [1.82, 2.24) is 5.48 Å². The number of hydrogen-bond acceptors (Lipinski definition) is 6. The summed E-state index contributed by atoms with van der Waals surface area (Å²) in [5.41, 5.74) is 3.59. The highest BCUT2D eigenvalue weighted by Gasteiger charge is 2.20. The SMILES string of the molecule is NS(=O)(=O)c1cccc(OC2=CC(c3ccc(Oc4ccccc4)cc3)ON2)c1. The van der Waals surface area contributed by atoms with Crippen molar-refractivity contribution in [2.24, 2.45) is 5.14 Å². The molecule has 0 bridgehead atoms. The zero-order valence-corrected chi connectivity index (χ0v) is 16.0. The molecule has 1 atom stereocenters. The Morgan fingerprint density at radius 3 is 2.24 bits per heavy atom. The first kappa shape index (κ1) is 19.0. The number of nitrogens with two attached hydrogens (primary N) is 1. The smallest absolute Gasteiger partial charge is 0.238 e. The topological polar surface area (TPSA) is 99.9 Å². The molecule has 0 amide bonds. The van der Waals surface area contributed by atoms with Gasteiger partial charge in [0.05, 0.1) is 4.90 Å². The molecule has 4 rings (SSSR count). The van der Waals surface area contributed by atoms with Crippen LogP contribution in [-0.4, -0.2) is 8.42 Å². The van der Waals surface area contributed by atoms with Crippen LogP contribution >= 0.6 is 0 Å². The van der Waals surface area contributed by atoms with Gasteiger partial charge in [-0.1, -0.05) is 36.4 Å². The second-order valence-corrected chi connectivity index (χ2v) is 7.84. The van der Waals surface area contributed by atoms with Crippen molar-refractivity contribution < 1.29 is 22.7 Å². The number of hydrogen-bond donors (Lipinski definition) is 2. The highest BCUT2D eigenvalue weighted by atomic mass is 32.2. The molecule has 3 N–H and O–H groups in total. The summed E-state index contributed by atoms with van der Waals surface area (Å²) in [6, 6.07) is 22.9. The maximum absolute atomic E-state index is 11.5. The Kier molecular flexibility index (Phi) is 5.22. The highest BCUT2D eigenvalue weighted by Crippen LogP contribution is 2.29. The van der Waals surface area contributed by atoms with E-state index in [4.69, 9.17) is 19.5 Å². The normalized spacial score (nSPS) is 16.0. The lowest BCUT2D eigenvalue weighted by Gasteiger charge is -2.09. The maximum atomic E-state index is 11.5. The van der Waals surface area contributed by atoms with Gasteiger partial charge in [0.1, 0.15) is 23.4 Å². The van der Waals surface area contributed by atoms with E-state index < -0.39 is 10.0 Å². The van der Waals surface area contributed by atoms with Gasteiger partial charge in [-0.2, -0.15) is 0 Å². The quantitative estimate of drug-likeness (QED) is 0.644. The van der Waals surface area contributed by atoms with Crippen molar-refractivity contribution in [1.29, 1.82) is 0 Å². The Morgan fingerprint density at radius 1 is 0.828 bits per heavy atom. The first-order valence-electron chi connectivity index (χ1n) is 8.74. The van der Waals surface area contributed by atoms with E-state index in [2.05, 4.69) is 5.48 Å². The molecule has 29 heavy (non-hydrogen) atoms. The van der Waals surface area contributed by atoms with E-state index in [9.17, 15) is 8.42 Å². The molecule has 0 aromatic heterocycles. The number of primary sulfonamides is 1. The number of para-hydroxylation sites is 1. The van der Waals surface area contributed by atoms with Gasteiger partial charge in [-0.3, -0.25) is 4.84 Å². The molecular weight excluding hydrogens is 392 g/mol. The van der Waals surface area contributed by atoms with Gasteiger partial charge in [0.2, 0.25) is 15.9 Å². The lowest BCUT2D eigenvalue weighted by atomic mass is 10.1. The summed E-state index contributed by atoms with van der Waals surface area (Å²) in [5.74, 6) is 2.15. The molecule has 1 unspecified atom stereocenters. The second-order valence-electron chi connectivity index (χ2n) is 6.28. The molecule has 3 aromatic rings. The predicted octanol–water partition coefficient (Wildman–Crippen LogP) is 3.62. The van der Waals surface area contributed by atoms with E-state index in [0.29, 0.717) is 17.4 Å². The summed E-state index contributed by atoms with van der Waals surface area (Å²) in [6.45, 7) is 0. The minimum atomic E-state index is -3.80. The van der Waals surface area contributed by atoms with Crippen LogP contribution in [-0.2, 0) is 14.9 Å². The van der Waals surface area contributed by atoms with Gasteiger partial charge in [-0.25, -0.2) is 19.0 Å². The lowest BCUT2D eigenvalue weighted by molar-refractivity contribution is 0.0273. The molecule has 3 aromatic carbocycles. The lowest BCUT2D eigenvalue weighted by Crippen LogP contribution is -2.14. The average Bonchev–Trinajstić information content (AvgIpc) is 3.17. The fraction of sp³-hybridized carbons (Fsp3) is 0.0476. The van der Waals surface area contributed by atoms with Crippen LogP contribution in [0.25, 0.3) is 0 Å². The number of sulfonamides is 1. The van der Waals surface area contributed by atoms with Gasteiger partial charge in [-0.15, -0.1) is 0 Å². The third-order valence-corrected chi connectivity index (χ3v) is 5.05. The molecule has 148 valence electrons. The van der Waals surface area contributed by atoms with Gasteiger partial charge in [0.15, 0.2) is 0 Å². The summed E-state index contributed by atoms with van der Waals surface area (Å²) in [5, 5.41) is 5.14. The summed E-state index contributed by atoms with van der Waals surface area (Å²) in [4.78, 5) is 5.50. The van der Waals surface area contributed by atoms with Crippen LogP contribution in [0.4, 0.5) is 0 Å². The predicted molar refractivity (Wildman–Crippen MR) is 106 cm³/mol. The molecule has 0 radical (unpaired) electrons. The molecule has 1 aliphatic heterocycles. The van der Waals surface area contributed by atoms with Crippen LogP contribution in [0.5, 0.6) is 17.2 Å². The molecular formula is C21H18N2O5S. The van der Waals surface area contributed by atoms with Crippen molar-refractivity contribution in [2.75, 3.05) is 0 Å². The van der Waals surface area contributed by atoms with Crippen LogP contribution in [0.1, 0.15) is 11.7 Å². The maximum Gasteiger partial charge on any atom is 0.238 e. The fourth-order valence-corrected chi connectivity index (χ4v) is 3.29. The first-order chi connectivity index (χ1) is 14.0. The zero-order valence-electron chi connectivity index (χ0n) is 15.2. The Bertz CT molecular complexity index is 1130. The third-order valence-electron chi connectivity index (χ3n) is 4.14. The molecule has 8 heteroatoms. The Morgan fingerprint density at radius 2 is 1.52 bits per heavy atom. The van der Waals surface area contributed by atoms with Gasteiger partial charge >= 0.3 is 0 Å². The minimum absolute atomic E-state index is 0.0277. The van der Waals surface area contributed by atoms with E-state index in [0.717, 1.165) is 11.3 Å². The number of nitrogens with one attached hydrogen (secondary N) is 1. The molecule has 0 saturated carbocycles. The summed E-state index contributed by atoms with van der Waals surface area (Å²) < 4.78 is 34.3. The molecule has 1 heterocycles. The van der Waals surface area contributed by atoms with Crippen molar-refractivity contribution in [3.8, 4) is 17.2 Å². The molecule has 0 fully saturated rings. The Labute approximate surface area is 168 Å². The van der Waals surface area contributed by atoms with E-state index in [-0.39, 0.29) is 11.0 Å². The van der Waals surface area contributed by atoms with Crippen molar-refractivity contribution in [3.05, 3.63) is 96.4 Å². The van der Waals surface area contributed by atoms with Crippen LogP contribution in [0.15, 0.2) is 95.7 Å². The third kappa shape index (κ3) is 4.75. The number of benzene rings is 3. The second kappa shape index (κ2) is 7.96. The molecule has 0 spiro atoms. The fourth-order valence-electron chi connectivity index (χ4n) is 2.74. The summed E-state index contributed by atoms with van der Waals surface area (Å²) >= 11 is 0. The van der Waals surface area contributed by atoms with Crippen LogP contribution in [0, 0.1) is 0 Å².